The van der Waals surface area contributed by atoms with Crippen LogP contribution in [0.15, 0.2) is 48.5 Å². The summed E-state index contributed by atoms with van der Waals surface area (Å²) in [6.07, 6.45) is 0. The maximum Gasteiger partial charge on any atom is -0.0260 e. The molecule has 2 N–H and O–H groups in total. The van der Waals surface area contributed by atoms with Crippen molar-refractivity contribution in [2.75, 3.05) is 5.73 Å². The van der Waals surface area contributed by atoms with Gasteiger partial charge in [-0.3, -0.25) is 0 Å². The lowest BCUT2D eigenvalue weighted by atomic mass is 10.1. The van der Waals surface area contributed by atoms with E-state index in [-0.39, 0.29) is 0 Å². The first-order chi connectivity index (χ1) is 5.88. The molecule has 1 nitrogen and oxygen atoms in total. The van der Waals surface area contributed by atoms with Crippen LogP contribution < -0.4 is 5.73 Å². The fraction of sp³-hybridized carbons (Fsp3) is 0. The SMILES string of the molecule is Nc1ccccc1-[c-]1cccc1. The third-order valence-corrected chi connectivity index (χ3v) is 1.93. The second-order valence-corrected chi connectivity index (χ2v) is 2.76. The van der Waals surface area contributed by atoms with Crippen molar-refractivity contribution in [3.8, 4) is 11.1 Å². The highest BCUT2D eigenvalue weighted by molar-refractivity contribution is 5.76. The van der Waals surface area contributed by atoms with Crippen LogP contribution in [0.25, 0.3) is 11.1 Å². The minimum atomic E-state index is 0.837. The van der Waals surface area contributed by atoms with Gasteiger partial charge in [-0.1, -0.05) is 29.3 Å². The molecule has 12 heavy (non-hydrogen) atoms. The molecule has 0 heterocycles. The van der Waals surface area contributed by atoms with Crippen molar-refractivity contribution in [3.05, 3.63) is 48.5 Å². The van der Waals surface area contributed by atoms with Gasteiger partial charge in [0.05, 0.1) is 0 Å². The second kappa shape index (κ2) is 2.78. The van der Waals surface area contributed by atoms with E-state index in [1.165, 1.54) is 5.56 Å². The van der Waals surface area contributed by atoms with Gasteiger partial charge in [0, 0.05) is 0 Å². The molecule has 0 saturated heterocycles. The second-order valence-electron chi connectivity index (χ2n) is 2.76. The van der Waals surface area contributed by atoms with Gasteiger partial charge in [-0.25, -0.2) is 0 Å². The molecular formula is C11H10N-. The van der Waals surface area contributed by atoms with Crippen LogP contribution in [0, 0.1) is 0 Å². The van der Waals surface area contributed by atoms with Crippen molar-refractivity contribution in [2.45, 2.75) is 0 Å². The average molecular weight is 156 g/mol. The molecule has 60 valence electrons. The molecule has 0 atom stereocenters. The van der Waals surface area contributed by atoms with E-state index in [1.807, 2.05) is 36.4 Å². The van der Waals surface area contributed by atoms with Crippen LogP contribution in [0.1, 0.15) is 0 Å². The Morgan fingerprint density at radius 1 is 0.917 bits per heavy atom. The molecular weight excluding hydrogens is 146 g/mol. The molecule has 0 bridgehead atoms. The molecule has 0 aliphatic heterocycles. The Hall–Kier alpha value is -1.63. The predicted molar refractivity (Wildman–Crippen MR) is 51.9 cm³/mol. The van der Waals surface area contributed by atoms with E-state index in [1.54, 1.807) is 0 Å². The third-order valence-electron chi connectivity index (χ3n) is 1.93. The van der Waals surface area contributed by atoms with Gasteiger partial charge in [-0.2, -0.15) is 12.1 Å². The highest BCUT2D eigenvalue weighted by Gasteiger charge is 1.91. The van der Waals surface area contributed by atoms with Crippen LogP contribution in [0.2, 0.25) is 0 Å². The minimum absolute atomic E-state index is 0.837. The fourth-order valence-electron chi connectivity index (χ4n) is 1.31. The lowest BCUT2D eigenvalue weighted by Gasteiger charge is -2.08. The summed E-state index contributed by atoms with van der Waals surface area (Å²) in [5, 5.41) is 0. The Kier molecular flexibility index (Phi) is 1.63. The Morgan fingerprint density at radius 2 is 1.58 bits per heavy atom. The van der Waals surface area contributed by atoms with E-state index in [9.17, 15) is 0 Å². The topological polar surface area (TPSA) is 26.0 Å². The number of nitrogen functional groups attached to an aromatic ring is 1. The van der Waals surface area contributed by atoms with E-state index in [4.69, 9.17) is 5.73 Å². The van der Waals surface area contributed by atoms with Gasteiger partial charge in [0.2, 0.25) is 0 Å². The van der Waals surface area contributed by atoms with E-state index in [2.05, 4.69) is 12.1 Å². The summed E-state index contributed by atoms with van der Waals surface area (Å²) >= 11 is 0. The number of benzene rings is 1. The van der Waals surface area contributed by atoms with Crippen molar-refractivity contribution in [1.29, 1.82) is 0 Å². The molecule has 2 rings (SSSR count). The molecule has 0 aliphatic carbocycles. The van der Waals surface area contributed by atoms with Crippen LogP contribution in [-0.4, -0.2) is 0 Å². The summed E-state index contributed by atoms with van der Waals surface area (Å²) in [4.78, 5) is 0. The number of para-hydroxylation sites is 1. The smallest absolute Gasteiger partial charge is 0.0260 e. The zero-order chi connectivity index (χ0) is 8.39. The van der Waals surface area contributed by atoms with Crippen molar-refractivity contribution >= 4 is 5.69 Å². The summed E-state index contributed by atoms with van der Waals surface area (Å²) in [5.41, 5.74) is 8.95. The van der Waals surface area contributed by atoms with Crippen LogP contribution in [0.4, 0.5) is 5.69 Å². The van der Waals surface area contributed by atoms with Crippen molar-refractivity contribution in [2.24, 2.45) is 0 Å². The molecule has 0 saturated carbocycles. The van der Waals surface area contributed by atoms with E-state index < -0.39 is 0 Å². The first kappa shape index (κ1) is 7.04. The maximum atomic E-state index is 5.81. The van der Waals surface area contributed by atoms with Gasteiger partial charge >= 0.3 is 0 Å². The Labute approximate surface area is 71.8 Å². The number of hydrogen-bond donors (Lipinski definition) is 1. The van der Waals surface area contributed by atoms with Gasteiger partial charge in [-0.05, 0) is 5.69 Å². The third kappa shape index (κ3) is 1.10. The molecule has 0 unspecified atom stereocenters. The molecule has 2 aromatic carbocycles. The van der Waals surface area contributed by atoms with Gasteiger partial charge in [-0.15, -0.1) is 18.2 Å². The Balaban J connectivity index is 2.55. The number of rotatable bonds is 1. The molecule has 1 heteroatoms. The predicted octanol–water partition coefficient (Wildman–Crippen LogP) is 2.65. The molecule has 0 amide bonds. The zero-order valence-electron chi connectivity index (χ0n) is 6.70. The van der Waals surface area contributed by atoms with Gasteiger partial charge in [0.25, 0.3) is 0 Å². The minimum Gasteiger partial charge on any atom is -0.429 e. The normalized spacial score (nSPS) is 10.0. The quantitative estimate of drug-likeness (QED) is 0.498. The number of hydrogen-bond acceptors (Lipinski definition) is 1. The molecule has 0 aliphatic rings. The van der Waals surface area contributed by atoms with E-state index in [0.29, 0.717) is 0 Å². The fourth-order valence-corrected chi connectivity index (χ4v) is 1.31. The summed E-state index contributed by atoms with van der Waals surface area (Å²) in [6, 6.07) is 16.0. The van der Waals surface area contributed by atoms with Crippen molar-refractivity contribution < 1.29 is 0 Å². The number of nitrogens with two attached hydrogens (primary N) is 1. The Bertz CT molecular complexity index is 360. The lowest BCUT2D eigenvalue weighted by molar-refractivity contribution is 1.65. The molecule has 0 aromatic heterocycles. The highest BCUT2D eigenvalue weighted by Crippen LogP contribution is 2.25. The number of anilines is 1. The summed E-state index contributed by atoms with van der Waals surface area (Å²) in [6.45, 7) is 0. The van der Waals surface area contributed by atoms with Crippen LogP contribution in [0.5, 0.6) is 0 Å². The van der Waals surface area contributed by atoms with Crippen LogP contribution in [-0.2, 0) is 0 Å². The summed E-state index contributed by atoms with van der Waals surface area (Å²) < 4.78 is 0. The standard InChI is InChI=1S/C11H10N/c12-11-8-4-3-7-10(11)9-5-1-2-6-9/h1-8H,12H2/q-1. The highest BCUT2D eigenvalue weighted by atomic mass is 14.6. The molecule has 2 aromatic rings. The Morgan fingerprint density at radius 3 is 2.25 bits per heavy atom. The van der Waals surface area contributed by atoms with E-state index >= 15 is 0 Å². The van der Waals surface area contributed by atoms with Crippen LogP contribution >= 0.6 is 0 Å². The van der Waals surface area contributed by atoms with Crippen LogP contribution in [0.3, 0.4) is 0 Å². The molecule has 0 spiro atoms. The summed E-state index contributed by atoms with van der Waals surface area (Å²) in [7, 11) is 0. The van der Waals surface area contributed by atoms with E-state index in [0.717, 1.165) is 11.3 Å². The molecule has 0 radical (unpaired) electrons. The first-order valence-corrected chi connectivity index (χ1v) is 3.94. The van der Waals surface area contributed by atoms with Gasteiger partial charge < -0.3 is 5.73 Å². The molecule has 0 fully saturated rings. The monoisotopic (exact) mass is 156 g/mol. The largest absolute Gasteiger partial charge is 0.429 e. The van der Waals surface area contributed by atoms with Gasteiger partial charge in [0.1, 0.15) is 0 Å². The lowest BCUT2D eigenvalue weighted by Crippen LogP contribution is -1.87. The van der Waals surface area contributed by atoms with Gasteiger partial charge in [0.15, 0.2) is 0 Å². The zero-order valence-corrected chi connectivity index (χ0v) is 6.70. The summed E-state index contributed by atoms with van der Waals surface area (Å²) in [5.74, 6) is 0. The average Bonchev–Trinajstić information content (AvgIpc) is 2.57. The maximum absolute atomic E-state index is 5.81. The first-order valence-electron chi connectivity index (χ1n) is 3.94. The van der Waals surface area contributed by atoms with Crippen molar-refractivity contribution in [3.63, 3.8) is 0 Å². The van der Waals surface area contributed by atoms with Crippen molar-refractivity contribution in [1.82, 2.24) is 0 Å².